The Kier molecular flexibility index (Phi) is 5.25. The number of aryl methyl sites for hydroxylation is 1. The number of nitrogens with zero attached hydrogens (tertiary/aromatic N) is 2. The van der Waals surface area contributed by atoms with Gasteiger partial charge in [0.25, 0.3) is 5.91 Å². The molecule has 2 aliphatic heterocycles. The van der Waals surface area contributed by atoms with Crippen LogP contribution in [0.4, 0.5) is 0 Å². The van der Waals surface area contributed by atoms with E-state index >= 15 is 0 Å². The number of rotatable bonds is 4. The van der Waals surface area contributed by atoms with E-state index < -0.39 is 0 Å². The molecule has 0 unspecified atom stereocenters. The van der Waals surface area contributed by atoms with Crippen LogP contribution in [0.15, 0.2) is 12.1 Å². The maximum Gasteiger partial charge on any atom is 0.263 e. The lowest BCUT2D eigenvalue weighted by atomic mass is 9.79. The third-order valence-corrected chi connectivity index (χ3v) is 6.34. The average Bonchev–Trinajstić information content (AvgIpc) is 3.05. The van der Waals surface area contributed by atoms with Crippen LogP contribution in [0, 0.1) is 12.3 Å². The fraction of sp³-hybridized carbons (Fsp3) is 0.667. The van der Waals surface area contributed by atoms with E-state index in [9.17, 15) is 9.59 Å². The molecule has 1 aromatic heterocycles. The van der Waals surface area contributed by atoms with Gasteiger partial charge in [-0.3, -0.25) is 9.59 Å². The molecule has 0 bridgehead atoms. The molecule has 24 heavy (non-hydrogen) atoms. The highest BCUT2D eigenvalue weighted by Gasteiger charge is 2.47. The van der Waals surface area contributed by atoms with Gasteiger partial charge in [-0.15, -0.1) is 11.3 Å². The molecule has 1 atom stereocenters. The van der Waals surface area contributed by atoms with Crippen molar-refractivity contribution in [1.82, 2.24) is 9.80 Å². The summed E-state index contributed by atoms with van der Waals surface area (Å²) in [4.78, 5) is 31.4. The fourth-order valence-electron chi connectivity index (χ4n) is 3.87. The molecule has 0 saturated carbocycles. The number of ether oxygens (including phenoxy) is 1. The van der Waals surface area contributed by atoms with Gasteiger partial charge in [0.1, 0.15) is 0 Å². The lowest BCUT2D eigenvalue weighted by Gasteiger charge is -2.26. The zero-order valence-electron chi connectivity index (χ0n) is 14.5. The summed E-state index contributed by atoms with van der Waals surface area (Å²) < 4.78 is 5.11. The number of hydrogen-bond donors (Lipinski definition) is 0. The Morgan fingerprint density at radius 3 is 2.75 bits per heavy atom. The monoisotopic (exact) mass is 350 g/mol. The second-order valence-corrected chi connectivity index (χ2v) is 8.16. The lowest BCUT2D eigenvalue weighted by Crippen LogP contribution is -2.37. The van der Waals surface area contributed by atoms with E-state index in [-0.39, 0.29) is 17.2 Å². The second kappa shape index (κ2) is 7.23. The van der Waals surface area contributed by atoms with Crippen LogP contribution in [0.1, 0.15) is 40.2 Å². The minimum absolute atomic E-state index is 0.117. The van der Waals surface area contributed by atoms with E-state index in [4.69, 9.17) is 4.74 Å². The third-order valence-electron chi connectivity index (χ3n) is 5.35. The summed E-state index contributed by atoms with van der Waals surface area (Å²) in [5.41, 5.74) is -0.256. The van der Waals surface area contributed by atoms with Gasteiger partial charge in [0, 0.05) is 38.2 Å². The molecular weight excluding hydrogens is 324 g/mol. The molecule has 2 amide bonds. The van der Waals surface area contributed by atoms with Gasteiger partial charge in [-0.2, -0.15) is 0 Å². The maximum atomic E-state index is 12.9. The van der Waals surface area contributed by atoms with Crippen LogP contribution in [0.3, 0.4) is 0 Å². The van der Waals surface area contributed by atoms with Gasteiger partial charge >= 0.3 is 0 Å². The first-order valence-electron chi connectivity index (χ1n) is 8.70. The molecule has 2 aliphatic rings. The van der Waals surface area contributed by atoms with Gasteiger partial charge in [0.2, 0.25) is 5.91 Å². The minimum atomic E-state index is -0.256. The molecule has 3 rings (SSSR count). The SMILES string of the molecule is COCCN1CC[C@]2(CCCN(C(=O)c3ccc(C)s3)CC2)C1=O. The van der Waals surface area contributed by atoms with E-state index in [1.165, 1.54) is 0 Å². The second-order valence-electron chi connectivity index (χ2n) is 6.87. The van der Waals surface area contributed by atoms with E-state index in [2.05, 4.69) is 0 Å². The van der Waals surface area contributed by atoms with Crippen molar-refractivity contribution >= 4 is 23.2 Å². The Labute approximate surface area is 147 Å². The predicted molar refractivity (Wildman–Crippen MR) is 94.3 cm³/mol. The van der Waals surface area contributed by atoms with Crippen molar-refractivity contribution in [2.45, 2.75) is 32.6 Å². The molecule has 0 radical (unpaired) electrons. The zero-order valence-corrected chi connectivity index (χ0v) is 15.4. The van der Waals surface area contributed by atoms with Crippen molar-refractivity contribution in [3.63, 3.8) is 0 Å². The topological polar surface area (TPSA) is 49.9 Å². The predicted octanol–water partition coefficient (Wildman–Crippen LogP) is 2.55. The third kappa shape index (κ3) is 3.35. The summed E-state index contributed by atoms with van der Waals surface area (Å²) in [5, 5.41) is 0. The van der Waals surface area contributed by atoms with Gasteiger partial charge in [-0.25, -0.2) is 0 Å². The van der Waals surface area contributed by atoms with Crippen LogP contribution in [0.2, 0.25) is 0 Å². The van der Waals surface area contributed by atoms with Crippen LogP contribution < -0.4 is 0 Å². The van der Waals surface area contributed by atoms with Crippen LogP contribution in [0.5, 0.6) is 0 Å². The number of amides is 2. The van der Waals surface area contributed by atoms with Gasteiger partial charge < -0.3 is 14.5 Å². The van der Waals surface area contributed by atoms with Crippen molar-refractivity contribution in [3.05, 3.63) is 21.9 Å². The number of methoxy groups -OCH3 is 1. The van der Waals surface area contributed by atoms with Gasteiger partial charge in [0.05, 0.1) is 16.9 Å². The first kappa shape index (κ1) is 17.4. The summed E-state index contributed by atoms with van der Waals surface area (Å²) in [5.74, 6) is 0.382. The van der Waals surface area contributed by atoms with Crippen LogP contribution in [0.25, 0.3) is 0 Å². The highest BCUT2D eigenvalue weighted by atomic mass is 32.1. The van der Waals surface area contributed by atoms with Crippen molar-refractivity contribution in [1.29, 1.82) is 0 Å². The Hall–Kier alpha value is -1.40. The summed E-state index contributed by atoms with van der Waals surface area (Å²) in [6, 6.07) is 3.90. The molecule has 2 saturated heterocycles. The van der Waals surface area contributed by atoms with E-state index in [0.29, 0.717) is 19.7 Å². The highest BCUT2D eigenvalue weighted by Crippen LogP contribution is 2.41. The van der Waals surface area contributed by atoms with E-state index in [1.54, 1.807) is 18.4 Å². The molecule has 0 N–H and O–H groups in total. The number of carbonyl (C=O) groups is 2. The van der Waals surface area contributed by atoms with Gasteiger partial charge in [-0.05, 0) is 44.7 Å². The number of carbonyl (C=O) groups excluding carboxylic acids is 2. The Morgan fingerprint density at radius 2 is 2.04 bits per heavy atom. The Bertz CT molecular complexity index is 615. The largest absolute Gasteiger partial charge is 0.383 e. The zero-order chi connectivity index (χ0) is 17.2. The Morgan fingerprint density at radius 1 is 1.25 bits per heavy atom. The molecule has 6 heteroatoms. The van der Waals surface area contributed by atoms with Crippen LogP contribution in [-0.2, 0) is 9.53 Å². The molecular formula is C18H26N2O3S. The summed E-state index contributed by atoms with van der Waals surface area (Å²) in [7, 11) is 1.66. The molecule has 5 nitrogen and oxygen atoms in total. The minimum Gasteiger partial charge on any atom is -0.383 e. The highest BCUT2D eigenvalue weighted by molar-refractivity contribution is 7.13. The standard InChI is InChI=1S/C18H26N2O3S/c1-14-4-5-15(24-14)16(21)19-9-3-6-18(7-10-19)8-11-20(17(18)22)12-13-23-2/h4-5H,3,6-13H2,1-2H3/t18-/m1/s1. The molecule has 1 spiro atoms. The van der Waals surface area contributed by atoms with Crippen LogP contribution in [-0.4, -0.2) is 61.5 Å². The van der Waals surface area contributed by atoms with Crippen molar-refractivity contribution in [3.8, 4) is 0 Å². The summed E-state index contributed by atoms with van der Waals surface area (Å²) >= 11 is 1.55. The molecule has 3 heterocycles. The van der Waals surface area contributed by atoms with Crippen molar-refractivity contribution < 1.29 is 14.3 Å². The van der Waals surface area contributed by atoms with Gasteiger partial charge in [-0.1, -0.05) is 0 Å². The van der Waals surface area contributed by atoms with Crippen LogP contribution >= 0.6 is 11.3 Å². The number of hydrogen-bond acceptors (Lipinski definition) is 4. The summed E-state index contributed by atoms with van der Waals surface area (Å²) in [6.07, 6.45) is 3.49. The smallest absolute Gasteiger partial charge is 0.263 e. The summed E-state index contributed by atoms with van der Waals surface area (Å²) in [6.45, 7) is 5.53. The molecule has 2 fully saturated rings. The van der Waals surface area contributed by atoms with E-state index in [0.717, 1.165) is 48.5 Å². The first-order chi connectivity index (χ1) is 11.6. The molecule has 0 aliphatic carbocycles. The Balaban J connectivity index is 1.65. The number of likely N-dealkylation sites (tertiary alicyclic amines) is 2. The fourth-order valence-corrected chi connectivity index (χ4v) is 4.71. The van der Waals surface area contributed by atoms with Crippen molar-refractivity contribution in [2.75, 3.05) is 39.9 Å². The number of thiophene rings is 1. The average molecular weight is 350 g/mol. The molecule has 1 aromatic rings. The van der Waals surface area contributed by atoms with E-state index in [1.807, 2.05) is 28.9 Å². The molecule has 132 valence electrons. The molecule has 0 aromatic carbocycles. The maximum absolute atomic E-state index is 12.9. The lowest BCUT2D eigenvalue weighted by molar-refractivity contribution is -0.137. The van der Waals surface area contributed by atoms with Crippen molar-refractivity contribution in [2.24, 2.45) is 5.41 Å². The normalized spacial score (nSPS) is 24.7. The first-order valence-corrected chi connectivity index (χ1v) is 9.51. The van der Waals surface area contributed by atoms with Gasteiger partial charge in [0.15, 0.2) is 0 Å². The quantitative estimate of drug-likeness (QED) is 0.838.